The Morgan fingerprint density at radius 3 is 2.51 bits per heavy atom. The minimum absolute atomic E-state index is 0.0800. The van der Waals surface area contributed by atoms with Crippen molar-refractivity contribution >= 4 is 26.6 Å². The number of hydrogen-bond acceptors (Lipinski definition) is 6. The lowest BCUT2D eigenvalue weighted by Gasteiger charge is -2.32. The first-order valence-corrected chi connectivity index (χ1v) is 14.1. The molecule has 0 unspecified atom stereocenters. The van der Waals surface area contributed by atoms with Crippen LogP contribution < -0.4 is 15.6 Å². The topological polar surface area (TPSA) is 87.6 Å². The molecule has 210 valence electrons. The van der Waals surface area contributed by atoms with Crippen LogP contribution in [0.3, 0.4) is 0 Å². The first-order valence-electron chi connectivity index (χ1n) is 12.6. The number of anilines is 1. The summed E-state index contributed by atoms with van der Waals surface area (Å²) >= 11 is 0. The molecule has 0 bridgehead atoms. The lowest BCUT2D eigenvalue weighted by molar-refractivity contribution is -0.140. The summed E-state index contributed by atoms with van der Waals surface area (Å²) in [6, 6.07) is 14.9. The molecule has 0 amide bonds. The summed E-state index contributed by atoms with van der Waals surface area (Å²) in [5, 5.41) is 4.18. The van der Waals surface area contributed by atoms with E-state index in [9.17, 15) is 21.6 Å². The number of ether oxygens (including phenoxy) is 1. The van der Waals surface area contributed by atoms with Crippen LogP contribution in [-0.2, 0) is 21.3 Å². The summed E-state index contributed by atoms with van der Waals surface area (Å²) in [6.45, 7) is 2.11. The van der Waals surface area contributed by atoms with Crippen molar-refractivity contribution in [3.63, 3.8) is 0 Å². The van der Waals surface area contributed by atoms with Crippen molar-refractivity contribution in [1.29, 1.82) is 0 Å². The number of fused-ring (bicyclic) bond motifs is 1. The molecule has 0 spiro atoms. The molecule has 3 N–H and O–H groups in total. The van der Waals surface area contributed by atoms with Gasteiger partial charge in [-0.2, -0.15) is 13.2 Å². The van der Waals surface area contributed by atoms with E-state index in [0.29, 0.717) is 17.5 Å². The van der Waals surface area contributed by atoms with Crippen molar-refractivity contribution in [2.75, 3.05) is 45.2 Å². The first-order chi connectivity index (χ1) is 18.7. The second-order valence-corrected chi connectivity index (χ2v) is 11.0. The molecule has 0 radical (unpaired) electrons. The molecule has 1 aliphatic heterocycles. The third kappa shape index (κ3) is 7.97. The van der Waals surface area contributed by atoms with Crippen LogP contribution in [0.15, 0.2) is 59.5 Å². The van der Waals surface area contributed by atoms with Gasteiger partial charge in [-0.25, -0.2) is 13.8 Å². The SMILES string of the molecule is COCCN1CCC(Nc2cccc3c2cc(C#CCNNS(=O)(=O)c2ccccc2)n3CC(F)(F)F)CC1. The Morgan fingerprint density at radius 1 is 1.08 bits per heavy atom. The van der Waals surface area contributed by atoms with Gasteiger partial charge in [0.05, 0.1) is 29.3 Å². The van der Waals surface area contributed by atoms with Crippen molar-refractivity contribution in [3.8, 4) is 11.8 Å². The Bertz CT molecular complexity index is 1410. The van der Waals surface area contributed by atoms with Gasteiger partial charge in [0.15, 0.2) is 0 Å². The number of halogens is 3. The summed E-state index contributed by atoms with van der Waals surface area (Å²) in [5.41, 5.74) is 3.90. The molecule has 0 saturated carbocycles. The number of piperidine rings is 1. The van der Waals surface area contributed by atoms with Gasteiger partial charge < -0.3 is 19.5 Å². The molecule has 1 aliphatic rings. The average molecular weight is 564 g/mol. The number of benzene rings is 2. The monoisotopic (exact) mass is 563 g/mol. The van der Waals surface area contributed by atoms with E-state index >= 15 is 0 Å². The molecule has 2 heterocycles. The molecule has 1 saturated heterocycles. The lowest BCUT2D eigenvalue weighted by Crippen LogP contribution is -2.40. The molecule has 4 rings (SSSR count). The van der Waals surface area contributed by atoms with Crippen molar-refractivity contribution < 1.29 is 26.3 Å². The predicted molar refractivity (Wildman–Crippen MR) is 145 cm³/mol. The van der Waals surface area contributed by atoms with Gasteiger partial charge in [-0.1, -0.05) is 30.2 Å². The molecular formula is C27H32F3N5O3S. The van der Waals surface area contributed by atoms with Gasteiger partial charge in [-0.15, -0.1) is 4.83 Å². The highest BCUT2D eigenvalue weighted by Crippen LogP contribution is 2.31. The molecule has 3 aromatic rings. The normalized spacial score (nSPS) is 15.3. The third-order valence-corrected chi connectivity index (χ3v) is 7.80. The molecule has 8 nitrogen and oxygen atoms in total. The van der Waals surface area contributed by atoms with Crippen LogP contribution in [-0.4, -0.2) is 70.0 Å². The third-order valence-electron chi connectivity index (χ3n) is 6.50. The molecule has 39 heavy (non-hydrogen) atoms. The number of hydrogen-bond donors (Lipinski definition) is 3. The number of nitrogens with zero attached hydrogens (tertiary/aromatic N) is 2. The zero-order valence-electron chi connectivity index (χ0n) is 21.6. The summed E-state index contributed by atoms with van der Waals surface area (Å²) in [6.07, 6.45) is -2.61. The van der Waals surface area contributed by atoms with Crippen LogP contribution in [0.2, 0.25) is 0 Å². The van der Waals surface area contributed by atoms with Crippen LogP contribution in [0.25, 0.3) is 10.9 Å². The van der Waals surface area contributed by atoms with E-state index in [0.717, 1.165) is 42.7 Å². The molecule has 12 heteroatoms. The zero-order chi connectivity index (χ0) is 27.9. The standard InChI is InChI=1S/C27H32F3N5O3S/c1-38-18-17-34-15-12-21(13-16-34)32-25-10-5-11-26-24(25)19-22(35(26)20-27(28,29)30)7-6-14-31-33-39(36,37)23-8-3-2-4-9-23/h2-5,8-11,19,21,31-33H,12-18,20H2,1H3. The number of hydrazine groups is 1. The van der Waals surface area contributed by atoms with E-state index in [1.165, 1.54) is 12.1 Å². The van der Waals surface area contributed by atoms with Crippen molar-refractivity contribution in [2.45, 2.75) is 36.5 Å². The van der Waals surface area contributed by atoms with E-state index in [2.05, 4.69) is 32.3 Å². The van der Waals surface area contributed by atoms with Crippen LogP contribution in [0, 0.1) is 11.8 Å². The number of methoxy groups -OCH3 is 1. The number of nitrogens with one attached hydrogen (secondary N) is 3. The Morgan fingerprint density at radius 2 is 1.82 bits per heavy atom. The number of likely N-dealkylation sites (tertiary alicyclic amines) is 1. The van der Waals surface area contributed by atoms with Crippen LogP contribution in [0.4, 0.5) is 18.9 Å². The number of sulfonamides is 1. The lowest BCUT2D eigenvalue weighted by atomic mass is 10.0. The van der Waals surface area contributed by atoms with Gasteiger partial charge in [0.1, 0.15) is 6.54 Å². The fourth-order valence-corrected chi connectivity index (χ4v) is 5.47. The smallest absolute Gasteiger partial charge is 0.383 e. The molecule has 0 atom stereocenters. The summed E-state index contributed by atoms with van der Waals surface area (Å²) in [5.74, 6) is 5.50. The molecular weight excluding hydrogens is 531 g/mol. The summed E-state index contributed by atoms with van der Waals surface area (Å²) < 4.78 is 71.3. The molecule has 1 aromatic heterocycles. The van der Waals surface area contributed by atoms with Crippen LogP contribution >= 0.6 is 0 Å². The summed E-state index contributed by atoms with van der Waals surface area (Å²) in [4.78, 5) is 4.64. The van der Waals surface area contributed by atoms with E-state index in [1.807, 2.05) is 6.07 Å². The van der Waals surface area contributed by atoms with Crippen LogP contribution in [0.5, 0.6) is 0 Å². The minimum atomic E-state index is -4.44. The van der Waals surface area contributed by atoms with Gasteiger partial charge in [0, 0.05) is 43.9 Å². The number of alkyl halides is 3. The molecule has 1 fully saturated rings. The Hall–Kier alpha value is -3.08. The van der Waals surface area contributed by atoms with Gasteiger partial charge in [0.25, 0.3) is 10.0 Å². The van der Waals surface area contributed by atoms with Gasteiger partial charge >= 0.3 is 6.18 Å². The quantitative estimate of drug-likeness (QED) is 0.199. The maximum absolute atomic E-state index is 13.5. The Labute approximate surface area is 226 Å². The zero-order valence-corrected chi connectivity index (χ0v) is 22.4. The molecule has 2 aromatic carbocycles. The van der Waals surface area contributed by atoms with E-state index < -0.39 is 22.7 Å². The molecule has 0 aliphatic carbocycles. The van der Waals surface area contributed by atoms with Crippen LogP contribution in [0.1, 0.15) is 18.5 Å². The van der Waals surface area contributed by atoms with Crippen molar-refractivity contribution in [1.82, 2.24) is 19.7 Å². The fraction of sp³-hybridized carbons (Fsp3) is 0.407. The second kappa shape index (κ2) is 12.8. The van der Waals surface area contributed by atoms with Crippen molar-refractivity contribution in [3.05, 3.63) is 60.3 Å². The van der Waals surface area contributed by atoms with E-state index in [-0.39, 0.29) is 23.2 Å². The minimum Gasteiger partial charge on any atom is -0.383 e. The van der Waals surface area contributed by atoms with Crippen molar-refractivity contribution in [2.24, 2.45) is 0 Å². The maximum atomic E-state index is 13.5. The maximum Gasteiger partial charge on any atom is 0.406 e. The fourth-order valence-electron chi connectivity index (χ4n) is 4.57. The van der Waals surface area contributed by atoms with E-state index in [1.54, 1.807) is 43.5 Å². The first kappa shape index (κ1) is 28.9. The number of aromatic nitrogens is 1. The highest BCUT2D eigenvalue weighted by atomic mass is 32.2. The Balaban J connectivity index is 1.48. The summed E-state index contributed by atoms with van der Waals surface area (Å²) in [7, 11) is -2.10. The number of rotatable bonds is 10. The van der Waals surface area contributed by atoms with Gasteiger partial charge in [-0.05, 0) is 49.1 Å². The second-order valence-electron chi connectivity index (χ2n) is 9.30. The highest BCUT2D eigenvalue weighted by molar-refractivity contribution is 7.89. The van der Waals surface area contributed by atoms with Gasteiger partial charge in [-0.3, -0.25) is 0 Å². The Kier molecular flexibility index (Phi) is 9.53. The van der Waals surface area contributed by atoms with E-state index in [4.69, 9.17) is 4.74 Å². The largest absolute Gasteiger partial charge is 0.406 e. The predicted octanol–water partition coefficient (Wildman–Crippen LogP) is 3.56. The van der Waals surface area contributed by atoms with Gasteiger partial charge in [0.2, 0.25) is 0 Å². The highest BCUT2D eigenvalue weighted by Gasteiger charge is 2.30. The average Bonchev–Trinajstić information content (AvgIpc) is 3.25.